The molecule has 0 atom stereocenters. The lowest BCUT2D eigenvalue weighted by molar-refractivity contribution is 0.644. The zero-order valence-electron chi connectivity index (χ0n) is 10.1. The second kappa shape index (κ2) is 4.00. The molecule has 0 radical (unpaired) electrons. The molecule has 3 nitrogen and oxygen atoms in total. The Balaban J connectivity index is 2.15. The standard InChI is InChI=1S/C14H17N3/c1-10-4-6-11(7-5-10)14-12(9-15)16-17-8-2-3-13(14)17/h4-7H,2-3,8-9,15H2,1H3. The van der Waals surface area contributed by atoms with E-state index in [9.17, 15) is 0 Å². The van der Waals surface area contributed by atoms with Crippen LogP contribution in [0.1, 0.15) is 23.4 Å². The van der Waals surface area contributed by atoms with Gasteiger partial charge in [0, 0.05) is 24.3 Å². The third kappa shape index (κ3) is 1.67. The number of nitrogens with zero attached hydrogens (tertiary/aromatic N) is 2. The minimum atomic E-state index is 0.517. The van der Waals surface area contributed by atoms with Crippen molar-refractivity contribution in [1.29, 1.82) is 0 Å². The van der Waals surface area contributed by atoms with Gasteiger partial charge in [-0.15, -0.1) is 0 Å². The van der Waals surface area contributed by atoms with E-state index < -0.39 is 0 Å². The third-order valence-electron chi connectivity index (χ3n) is 3.45. The van der Waals surface area contributed by atoms with Crippen molar-refractivity contribution < 1.29 is 0 Å². The number of fused-ring (bicyclic) bond motifs is 1. The average Bonchev–Trinajstić information content (AvgIpc) is 2.89. The first kappa shape index (κ1) is 10.5. The maximum Gasteiger partial charge on any atom is 0.0841 e. The van der Waals surface area contributed by atoms with Crippen LogP contribution in [0.4, 0.5) is 0 Å². The molecule has 0 saturated heterocycles. The second-order valence-electron chi connectivity index (χ2n) is 4.67. The number of benzene rings is 1. The van der Waals surface area contributed by atoms with Crippen LogP contribution in [0.15, 0.2) is 24.3 Å². The lowest BCUT2D eigenvalue weighted by Crippen LogP contribution is -2.01. The van der Waals surface area contributed by atoms with Gasteiger partial charge in [0.2, 0.25) is 0 Å². The highest BCUT2D eigenvalue weighted by Crippen LogP contribution is 2.31. The maximum absolute atomic E-state index is 5.80. The minimum Gasteiger partial charge on any atom is -0.325 e. The summed E-state index contributed by atoms with van der Waals surface area (Å²) in [7, 11) is 0. The largest absolute Gasteiger partial charge is 0.325 e. The van der Waals surface area contributed by atoms with E-state index in [1.54, 1.807) is 0 Å². The zero-order chi connectivity index (χ0) is 11.8. The summed E-state index contributed by atoms with van der Waals surface area (Å²) in [6.07, 6.45) is 2.32. The van der Waals surface area contributed by atoms with Crippen LogP contribution in [0.25, 0.3) is 11.1 Å². The lowest BCUT2D eigenvalue weighted by atomic mass is 10.0. The molecular weight excluding hydrogens is 210 g/mol. The van der Waals surface area contributed by atoms with Crippen LogP contribution in [0.2, 0.25) is 0 Å². The maximum atomic E-state index is 5.80. The fraction of sp³-hybridized carbons (Fsp3) is 0.357. The first-order valence-electron chi connectivity index (χ1n) is 6.15. The van der Waals surface area contributed by atoms with E-state index >= 15 is 0 Å². The van der Waals surface area contributed by atoms with Crippen LogP contribution in [0.3, 0.4) is 0 Å². The molecule has 2 aromatic rings. The number of rotatable bonds is 2. The van der Waals surface area contributed by atoms with Crippen molar-refractivity contribution in [2.45, 2.75) is 32.9 Å². The molecule has 17 heavy (non-hydrogen) atoms. The molecule has 2 heterocycles. The first-order chi connectivity index (χ1) is 8.29. The predicted molar refractivity (Wildman–Crippen MR) is 68.6 cm³/mol. The minimum absolute atomic E-state index is 0.517. The van der Waals surface area contributed by atoms with E-state index in [1.807, 2.05) is 0 Å². The van der Waals surface area contributed by atoms with E-state index in [1.165, 1.54) is 28.8 Å². The number of nitrogens with two attached hydrogens (primary N) is 1. The summed E-state index contributed by atoms with van der Waals surface area (Å²) in [6.45, 7) is 3.66. The number of hydrogen-bond acceptors (Lipinski definition) is 2. The highest BCUT2D eigenvalue weighted by Gasteiger charge is 2.21. The molecule has 0 bridgehead atoms. The molecule has 0 amide bonds. The van der Waals surface area contributed by atoms with Crippen molar-refractivity contribution in [3.8, 4) is 11.1 Å². The molecule has 0 spiro atoms. The summed E-state index contributed by atoms with van der Waals surface area (Å²) >= 11 is 0. The lowest BCUT2D eigenvalue weighted by Gasteiger charge is -2.04. The molecule has 3 rings (SSSR count). The number of aromatic nitrogens is 2. The van der Waals surface area contributed by atoms with Gasteiger partial charge in [-0.3, -0.25) is 4.68 Å². The molecule has 0 unspecified atom stereocenters. The van der Waals surface area contributed by atoms with Crippen LogP contribution >= 0.6 is 0 Å². The molecule has 0 aliphatic carbocycles. The van der Waals surface area contributed by atoms with Crippen molar-refractivity contribution in [2.24, 2.45) is 5.73 Å². The van der Waals surface area contributed by atoms with Crippen LogP contribution < -0.4 is 5.73 Å². The van der Waals surface area contributed by atoms with Crippen LogP contribution in [0.5, 0.6) is 0 Å². The van der Waals surface area contributed by atoms with Crippen molar-refractivity contribution >= 4 is 0 Å². The Morgan fingerprint density at radius 1 is 1.29 bits per heavy atom. The van der Waals surface area contributed by atoms with Gasteiger partial charge < -0.3 is 5.73 Å². The average molecular weight is 227 g/mol. The van der Waals surface area contributed by atoms with Gasteiger partial charge in [0.25, 0.3) is 0 Å². The van der Waals surface area contributed by atoms with E-state index in [4.69, 9.17) is 5.73 Å². The van der Waals surface area contributed by atoms with Crippen LogP contribution in [-0.2, 0) is 19.5 Å². The molecule has 88 valence electrons. The Morgan fingerprint density at radius 2 is 2.06 bits per heavy atom. The Bertz CT molecular complexity index is 537. The monoisotopic (exact) mass is 227 g/mol. The summed E-state index contributed by atoms with van der Waals surface area (Å²) < 4.78 is 2.12. The van der Waals surface area contributed by atoms with E-state index in [-0.39, 0.29) is 0 Å². The van der Waals surface area contributed by atoms with Crippen molar-refractivity contribution in [2.75, 3.05) is 0 Å². The molecule has 0 saturated carbocycles. The molecular formula is C14H17N3. The topological polar surface area (TPSA) is 43.8 Å². The highest BCUT2D eigenvalue weighted by atomic mass is 15.3. The van der Waals surface area contributed by atoms with Gasteiger partial charge in [-0.1, -0.05) is 29.8 Å². The van der Waals surface area contributed by atoms with Crippen LogP contribution in [-0.4, -0.2) is 9.78 Å². The smallest absolute Gasteiger partial charge is 0.0841 e. The molecule has 1 aromatic carbocycles. The Morgan fingerprint density at radius 3 is 2.76 bits per heavy atom. The summed E-state index contributed by atoms with van der Waals surface area (Å²) in [5, 5.41) is 4.60. The van der Waals surface area contributed by atoms with Crippen molar-refractivity contribution in [1.82, 2.24) is 9.78 Å². The molecule has 1 aliphatic rings. The molecule has 3 heteroatoms. The van der Waals surface area contributed by atoms with E-state index in [0.29, 0.717) is 6.54 Å². The van der Waals surface area contributed by atoms with Gasteiger partial charge in [-0.25, -0.2) is 0 Å². The van der Waals surface area contributed by atoms with E-state index in [0.717, 1.165) is 18.7 Å². The molecule has 0 fully saturated rings. The second-order valence-corrected chi connectivity index (χ2v) is 4.67. The first-order valence-corrected chi connectivity index (χ1v) is 6.15. The quantitative estimate of drug-likeness (QED) is 0.855. The summed E-state index contributed by atoms with van der Waals surface area (Å²) in [5.41, 5.74) is 12.0. The number of hydrogen-bond donors (Lipinski definition) is 1. The fourth-order valence-corrected chi connectivity index (χ4v) is 2.58. The van der Waals surface area contributed by atoms with Gasteiger partial charge >= 0.3 is 0 Å². The van der Waals surface area contributed by atoms with Gasteiger partial charge in [0.1, 0.15) is 0 Å². The predicted octanol–water partition coefficient (Wildman–Crippen LogP) is 2.26. The normalized spacial score (nSPS) is 14.0. The SMILES string of the molecule is Cc1ccc(-c2c(CN)nn3c2CCC3)cc1. The fourth-order valence-electron chi connectivity index (χ4n) is 2.58. The van der Waals surface area contributed by atoms with Crippen LogP contribution in [0, 0.1) is 6.92 Å². The molecule has 2 N–H and O–H groups in total. The molecule has 1 aliphatic heterocycles. The van der Waals surface area contributed by atoms with Crippen molar-refractivity contribution in [3.05, 3.63) is 41.2 Å². The third-order valence-corrected chi connectivity index (χ3v) is 3.45. The Labute approximate surface area is 101 Å². The van der Waals surface area contributed by atoms with Gasteiger partial charge in [0.05, 0.1) is 5.69 Å². The number of aryl methyl sites for hydroxylation is 2. The summed E-state index contributed by atoms with van der Waals surface area (Å²) in [4.78, 5) is 0. The van der Waals surface area contributed by atoms with Crippen molar-refractivity contribution in [3.63, 3.8) is 0 Å². The molecule has 1 aromatic heterocycles. The highest BCUT2D eigenvalue weighted by molar-refractivity contribution is 5.69. The Kier molecular flexibility index (Phi) is 2.48. The van der Waals surface area contributed by atoms with Gasteiger partial charge in [-0.05, 0) is 25.3 Å². The Hall–Kier alpha value is -1.61. The van der Waals surface area contributed by atoms with E-state index in [2.05, 4.69) is 41.0 Å². The zero-order valence-corrected chi connectivity index (χ0v) is 10.1. The summed E-state index contributed by atoms with van der Waals surface area (Å²) in [6, 6.07) is 8.64. The summed E-state index contributed by atoms with van der Waals surface area (Å²) in [5.74, 6) is 0. The van der Waals surface area contributed by atoms with Gasteiger partial charge in [0.15, 0.2) is 0 Å². The van der Waals surface area contributed by atoms with Gasteiger partial charge in [-0.2, -0.15) is 5.10 Å².